The summed E-state index contributed by atoms with van der Waals surface area (Å²) in [6.07, 6.45) is 5.25. The zero-order valence-corrected chi connectivity index (χ0v) is 10.5. The molecule has 1 N–H and O–H groups in total. The third-order valence-corrected chi connectivity index (χ3v) is 4.85. The van der Waals surface area contributed by atoms with Gasteiger partial charge >= 0.3 is 0 Å². The fourth-order valence-corrected chi connectivity index (χ4v) is 3.83. The van der Waals surface area contributed by atoms with Crippen molar-refractivity contribution in [2.45, 2.75) is 30.6 Å². The van der Waals surface area contributed by atoms with Gasteiger partial charge in [0.2, 0.25) is 0 Å². The molecule has 0 radical (unpaired) electrons. The molecule has 2 aliphatic heterocycles. The van der Waals surface area contributed by atoms with Crippen LogP contribution in [0.15, 0.2) is 23.1 Å². The fourth-order valence-electron chi connectivity index (χ4n) is 2.73. The summed E-state index contributed by atoms with van der Waals surface area (Å²) in [6, 6.07) is 7.15. The number of thioether (sulfide) groups is 1. The second-order valence-electron chi connectivity index (χ2n) is 4.96. The van der Waals surface area contributed by atoms with Crippen LogP contribution in [0.4, 0.5) is 0 Å². The number of aryl methyl sites for hydroxylation is 1. The van der Waals surface area contributed by atoms with Crippen LogP contribution in [0, 0.1) is 5.92 Å². The Balaban J connectivity index is 1.74. The topological polar surface area (TPSA) is 12.0 Å². The molecule has 2 heterocycles. The molecule has 16 heavy (non-hydrogen) atoms. The summed E-state index contributed by atoms with van der Waals surface area (Å²) in [4.78, 5) is 1.55. The van der Waals surface area contributed by atoms with Gasteiger partial charge in [0.25, 0.3) is 0 Å². The normalized spacial score (nSPS) is 24.4. The standard InChI is InChI=1S/C14H19NS/c1-2-13-4-3-11(9-14(13)16-7-1)8-12-5-6-15-10-12/h3-4,9,12,15H,1-2,5-8,10H2. The molecule has 1 atom stereocenters. The third kappa shape index (κ3) is 2.28. The first-order valence-corrected chi connectivity index (χ1v) is 7.36. The molecule has 86 valence electrons. The highest BCUT2D eigenvalue weighted by atomic mass is 32.2. The van der Waals surface area contributed by atoms with Crippen molar-refractivity contribution >= 4 is 11.8 Å². The third-order valence-electron chi connectivity index (χ3n) is 3.67. The van der Waals surface area contributed by atoms with Crippen LogP contribution in [0.3, 0.4) is 0 Å². The van der Waals surface area contributed by atoms with E-state index in [4.69, 9.17) is 0 Å². The fraction of sp³-hybridized carbons (Fsp3) is 0.571. The van der Waals surface area contributed by atoms with Gasteiger partial charge in [-0.15, -0.1) is 11.8 Å². The van der Waals surface area contributed by atoms with E-state index in [1.165, 1.54) is 44.5 Å². The Morgan fingerprint density at radius 3 is 3.25 bits per heavy atom. The lowest BCUT2D eigenvalue weighted by Crippen LogP contribution is -2.11. The summed E-state index contributed by atoms with van der Waals surface area (Å²) in [7, 11) is 0. The molecule has 3 rings (SSSR count). The first-order valence-electron chi connectivity index (χ1n) is 6.37. The molecule has 2 aliphatic rings. The number of hydrogen-bond donors (Lipinski definition) is 1. The number of nitrogens with one attached hydrogen (secondary N) is 1. The zero-order valence-electron chi connectivity index (χ0n) is 9.67. The van der Waals surface area contributed by atoms with Crippen LogP contribution >= 0.6 is 11.8 Å². The van der Waals surface area contributed by atoms with Crippen LogP contribution in [0.1, 0.15) is 24.0 Å². The van der Waals surface area contributed by atoms with Gasteiger partial charge in [-0.2, -0.15) is 0 Å². The van der Waals surface area contributed by atoms with Gasteiger partial charge in [-0.05, 0) is 67.6 Å². The van der Waals surface area contributed by atoms with Crippen molar-refractivity contribution in [2.75, 3.05) is 18.8 Å². The van der Waals surface area contributed by atoms with Crippen molar-refractivity contribution in [1.29, 1.82) is 0 Å². The van der Waals surface area contributed by atoms with Crippen molar-refractivity contribution in [3.8, 4) is 0 Å². The molecule has 1 aromatic rings. The molecule has 1 nitrogen and oxygen atoms in total. The van der Waals surface area contributed by atoms with E-state index in [1.807, 2.05) is 11.8 Å². The van der Waals surface area contributed by atoms with Crippen molar-refractivity contribution in [1.82, 2.24) is 5.32 Å². The highest BCUT2D eigenvalue weighted by Gasteiger charge is 2.16. The lowest BCUT2D eigenvalue weighted by Gasteiger charge is -2.17. The van der Waals surface area contributed by atoms with E-state index in [0.717, 1.165) is 5.92 Å². The van der Waals surface area contributed by atoms with Gasteiger partial charge in [0.1, 0.15) is 0 Å². The zero-order chi connectivity index (χ0) is 10.8. The molecule has 0 bridgehead atoms. The Kier molecular flexibility index (Phi) is 3.20. The van der Waals surface area contributed by atoms with Gasteiger partial charge in [-0.1, -0.05) is 12.1 Å². The number of hydrogen-bond acceptors (Lipinski definition) is 2. The lowest BCUT2D eigenvalue weighted by atomic mass is 9.97. The molecular formula is C14H19NS. The van der Waals surface area contributed by atoms with Crippen LogP contribution < -0.4 is 5.32 Å². The molecule has 0 amide bonds. The molecule has 0 spiro atoms. The molecule has 1 unspecified atom stereocenters. The van der Waals surface area contributed by atoms with Gasteiger partial charge < -0.3 is 5.32 Å². The lowest BCUT2D eigenvalue weighted by molar-refractivity contribution is 0.579. The van der Waals surface area contributed by atoms with E-state index in [0.29, 0.717) is 0 Å². The molecule has 1 saturated heterocycles. The SMILES string of the molecule is c1cc2c(cc1CC1CCNC1)SCCC2. The van der Waals surface area contributed by atoms with E-state index >= 15 is 0 Å². The molecule has 1 fully saturated rings. The van der Waals surface area contributed by atoms with Gasteiger partial charge in [-0.3, -0.25) is 0 Å². The van der Waals surface area contributed by atoms with Crippen molar-refractivity contribution in [3.63, 3.8) is 0 Å². The predicted octanol–water partition coefficient (Wildman–Crippen LogP) is 2.88. The smallest absolute Gasteiger partial charge is 0.0107 e. The largest absolute Gasteiger partial charge is 0.316 e. The van der Waals surface area contributed by atoms with E-state index < -0.39 is 0 Å². The molecule has 1 aromatic carbocycles. The Morgan fingerprint density at radius 2 is 2.38 bits per heavy atom. The number of benzene rings is 1. The molecular weight excluding hydrogens is 214 g/mol. The van der Waals surface area contributed by atoms with Gasteiger partial charge in [0, 0.05) is 4.90 Å². The number of fused-ring (bicyclic) bond motifs is 1. The monoisotopic (exact) mass is 233 g/mol. The number of rotatable bonds is 2. The first kappa shape index (κ1) is 10.7. The summed E-state index contributed by atoms with van der Waals surface area (Å²) < 4.78 is 0. The summed E-state index contributed by atoms with van der Waals surface area (Å²) >= 11 is 2.05. The van der Waals surface area contributed by atoms with Crippen LogP contribution in [0.5, 0.6) is 0 Å². The predicted molar refractivity (Wildman–Crippen MR) is 70.2 cm³/mol. The maximum atomic E-state index is 3.45. The minimum absolute atomic E-state index is 0.867. The Hall–Kier alpha value is -0.470. The minimum atomic E-state index is 0.867. The van der Waals surface area contributed by atoms with Crippen LogP contribution in [-0.4, -0.2) is 18.8 Å². The van der Waals surface area contributed by atoms with E-state index in [1.54, 1.807) is 16.0 Å². The average Bonchev–Trinajstić information content (AvgIpc) is 2.82. The summed E-state index contributed by atoms with van der Waals surface area (Å²) in [5.74, 6) is 2.17. The Morgan fingerprint density at radius 1 is 1.38 bits per heavy atom. The molecule has 0 aromatic heterocycles. The maximum Gasteiger partial charge on any atom is 0.0107 e. The van der Waals surface area contributed by atoms with E-state index in [-0.39, 0.29) is 0 Å². The van der Waals surface area contributed by atoms with Crippen molar-refractivity contribution < 1.29 is 0 Å². The average molecular weight is 233 g/mol. The highest BCUT2D eigenvalue weighted by Crippen LogP contribution is 2.31. The van der Waals surface area contributed by atoms with Gasteiger partial charge in [0.05, 0.1) is 0 Å². The maximum absolute atomic E-state index is 3.45. The Bertz CT molecular complexity index is 369. The highest BCUT2D eigenvalue weighted by molar-refractivity contribution is 7.99. The molecule has 0 aliphatic carbocycles. The van der Waals surface area contributed by atoms with Crippen molar-refractivity contribution in [3.05, 3.63) is 29.3 Å². The van der Waals surface area contributed by atoms with Gasteiger partial charge in [0.15, 0.2) is 0 Å². The minimum Gasteiger partial charge on any atom is -0.316 e. The summed E-state index contributed by atoms with van der Waals surface area (Å²) in [6.45, 7) is 2.43. The summed E-state index contributed by atoms with van der Waals surface area (Å²) in [5.41, 5.74) is 3.12. The second kappa shape index (κ2) is 4.80. The quantitative estimate of drug-likeness (QED) is 0.843. The van der Waals surface area contributed by atoms with E-state index in [9.17, 15) is 0 Å². The molecule has 0 saturated carbocycles. The van der Waals surface area contributed by atoms with E-state index in [2.05, 4.69) is 23.5 Å². The van der Waals surface area contributed by atoms with Crippen LogP contribution in [0.2, 0.25) is 0 Å². The van der Waals surface area contributed by atoms with Gasteiger partial charge in [-0.25, -0.2) is 0 Å². The van der Waals surface area contributed by atoms with Crippen LogP contribution in [0.25, 0.3) is 0 Å². The second-order valence-corrected chi connectivity index (χ2v) is 6.09. The van der Waals surface area contributed by atoms with Crippen molar-refractivity contribution in [2.24, 2.45) is 5.92 Å². The molecule has 2 heteroatoms. The Labute approximate surface area is 102 Å². The summed E-state index contributed by atoms with van der Waals surface area (Å²) in [5, 5.41) is 3.45. The van der Waals surface area contributed by atoms with Crippen LogP contribution in [-0.2, 0) is 12.8 Å². The first-order chi connectivity index (χ1) is 7.92.